The molecule has 15 heteroatoms. The van der Waals surface area contributed by atoms with Crippen molar-refractivity contribution in [3.8, 4) is 17.2 Å². The van der Waals surface area contributed by atoms with Crippen molar-refractivity contribution in [1.29, 1.82) is 0 Å². The van der Waals surface area contributed by atoms with Crippen LogP contribution in [0.25, 0.3) is 5.69 Å². The summed E-state index contributed by atoms with van der Waals surface area (Å²) in [5.41, 5.74) is 5.77. The highest BCUT2D eigenvalue weighted by molar-refractivity contribution is 6.35. The van der Waals surface area contributed by atoms with Crippen LogP contribution in [0.1, 0.15) is 62.8 Å². The predicted molar refractivity (Wildman–Crippen MR) is 235 cm³/mol. The molecule has 6 aromatic rings. The standard InChI is InChI=1S/C35H38Cl2N8O4.C10H14O/c1-3-25(2)45-34(46)44(24-40-45)29-7-5-27(6-8-29)41-14-16-42(17-15-41)28-9-11-30(12-10-28)47-19-31-20-48-35(49-31,21-43-23-38-22-39-43)32-13-4-26(36)18-33(32)37;1-7(2)9-5-4-8(3)10(11)6-9/h4-13,18,22-25,31H,3,14-17,19-21H2,1-2H3;4-7,11H,1-3H3/t25?,31-,35-;/m0./s1. The maximum absolute atomic E-state index is 12.8. The van der Waals surface area contributed by atoms with E-state index in [1.807, 2.05) is 63.2 Å². The Hall–Kier alpha value is -5.34. The molecule has 3 atom stereocenters. The van der Waals surface area contributed by atoms with Crippen molar-refractivity contribution in [3.63, 3.8) is 0 Å². The summed E-state index contributed by atoms with van der Waals surface area (Å²) in [6, 6.07) is 27.4. The lowest BCUT2D eigenvalue weighted by atomic mass is 10.0. The van der Waals surface area contributed by atoms with Crippen LogP contribution in [0.2, 0.25) is 10.0 Å². The third-order valence-corrected chi connectivity index (χ3v) is 11.6. The first kappa shape index (κ1) is 42.8. The van der Waals surface area contributed by atoms with Crippen LogP contribution in [0.4, 0.5) is 11.4 Å². The molecule has 0 saturated carbocycles. The van der Waals surface area contributed by atoms with Crippen molar-refractivity contribution in [2.45, 2.75) is 71.4 Å². The van der Waals surface area contributed by atoms with Gasteiger partial charge in [-0.05, 0) is 104 Å². The lowest BCUT2D eigenvalue weighted by Crippen LogP contribution is -2.46. The second-order valence-corrected chi connectivity index (χ2v) is 16.3. The van der Waals surface area contributed by atoms with Gasteiger partial charge in [0.1, 0.15) is 49.7 Å². The molecule has 0 amide bonds. The maximum atomic E-state index is 12.8. The number of aryl methyl sites for hydroxylation is 1. The number of benzene rings is 4. The summed E-state index contributed by atoms with van der Waals surface area (Å²) in [5, 5.41) is 18.9. The third-order valence-electron chi connectivity index (χ3n) is 11.0. The van der Waals surface area contributed by atoms with Gasteiger partial charge < -0.3 is 29.1 Å². The Labute approximate surface area is 360 Å². The summed E-state index contributed by atoms with van der Waals surface area (Å²) in [4.78, 5) is 21.6. The van der Waals surface area contributed by atoms with Crippen LogP contribution in [0, 0.1) is 6.92 Å². The van der Waals surface area contributed by atoms with E-state index in [9.17, 15) is 9.90 Å². The maximum Gasteiger partial charge on any atom is 0.350 e. The number of hydrogen-bond donors (Lipinski definition) is 1. The average molecular weight is 856 g/mol. The normalized spacial score (nSPS) is 18.4. The van der Waals surface area contributed by atoms with E-state index in [1.54, 1.807) is 34.0 Å². The minimum atomic E-state index is -1.16. The number of nitrogens with zero attached hydrogens (tertiary/aromatic N) is 8. The van der Waals surface area contributed by atoms with Crippen molar-refractivity contribution < 1.29 is 19.3 Å². The number of aromatic nitrogens is 6. The zero-order valence-corrected chi connectivity index (χ0v) is 36.1. The minimum absolute atomic E-state index is 0.0645. The van der Waals surface area contributed by atoms with Crippen LogP contribution in [0.5, 0.6) is 11.5 Å². The molecule has 1 unspecified atom stereocenters. The molecule has 1 N–H and O–H groups in total. The first-order valence-electron chi connectivity index (χ1n) is 20.3. The Bertz CT molecular complexity index is 2380. The number of halogens is 2. The summed E-state index contributed by atoms with van der Waals surface area (Å²) < 4.78 is 23.7. The Morgan fingerprint density at radius 2 is 1.53 bits per heavy atom. The van der Waals surface area contributed by atoms with Gasteiger partial charge in [-0.25, -0.2) is 23.7 Å². The average Bonchev–Trinajstić information content (AvgIpc) is 4.02. The molecule has 2 fully saturated rings. The molecule has 0 radical (unpaired) electrons. The van der Waals surface area contributed by atoms with E-state index in [0.717, 1.165) is 61.0 Å². The van der Waals surface area contributed by atoms with Gasteiger partial charge in [0.25, 0.3) is 0 Å². The lowest BCUT2D eigenvalue weighted by molar-refractivity contribution is -0.190. The van der Waals surface area contributed by atoms with Gasteiger partial charge in [0.15, 0.2) is 0 Å². The Kier molecular flexibility index (Phi) is 13.5. The van der Waals surface area contributed by atoms with Gasteiger partial charge in [0.2, 0.25) is 5.79 Å². The molecular formula is C45H52Cl2N8O5. The first-order chi connectivity index (χ1) is 28.9. The van der Waals surface area contributed by atoms with Crippen molar-refractivity contribution in [2.75, 3.05) is 49.2 Å². The first-order valence-corrected chi connectivity index (χ1v) is 21.1. The van der Waals surface area contributed by atoms with E-state index >= 15 is 0 Å². The van der Waals surface area contributed by atoms with Crippen LogP contribution in [-0.2, 0) is 21.8 Å². The van der Waals surface area contributed by atoms with E-state index in [1.165, 1.54) is 16.6 Å². The van der Waals surface area contributed by atoms with Gasteiger partial charge in [0.05, 0.1) is 23.4 Å². The fourth-order valence-corrected chi connectivity index (χ4v) is 7.78. The highest BCUT2D eigenvalue weighted by Crippen LogP contribution is 2.40. The monoisotopic (exact) mass is 854 g/mol. The van der Waals surface area contributed by atoms with E-state index in [4.69, 9.17) is 37.4 Å². The molecule has 2 aromatic heterocycles. The van der Waals surface area contributed by atoms with Crippen LogP contribution in [-0.4, -0.2) is 79.7 Å². The van der Waals surface area contributed by atoms with E-state index < -0.39 is 5.79 Å². The number of aromatic hydroxyl groups is 1. The molecule has 2 saturated heterocycles. The summed E-state index contributed by atoms with van der Waals surface area (Å²) in [7, 11) is 0. The van der Waals surface area contributed by atoms with Gasteiger partial charge in [-0.1, -0.05) is 62.2 Å². The fourth-order valence-electron chi connectivity index (χ4n) is 7.23. The molecule has 13 nitrogen and oxygen atoms in total. The summed E-state index contributed by atoms with van der Waals surface area (Å²) in [5.74, 6) is 0.477. The van der Waals surface area contributed by atoms with Crippen LogP contribution in [0.15, 0.2) is 109 Å². The van der Waals surface area contributed by atoms with E-state index in [0.29, 0.717) is 40.5 Å². The van der Waals surface area contributed by atoms with Crippen LogP contribution < -0.4 is 20.2 Å². The quantitative estimate of drug-likeness (QED) is 0.128. The third kappa shape index (κ3) is 9.82. The van der Waals surface area contributed by atoms with Crippen molar-refractivity contribution >= 4 is 34.6 Å². The lowest BCUT2D eigenvalue weighted by Gasteiger charge is -2.37. The molecule has 2 aliphatic rings. The summed E-state index contributed by atoms with van der Waals surface area (Å²) >= 11 is 12.7. The summed E-state index contributed by atoms with van der Waals surface area (Å²) in [6.45, 7) is 14.6. The summed E-state index contributed by atoms with van der Waals surface area (Å²) in [6.07, 6.45) is 5.19. The molecule has 4 aromatic carbocycles. The topological polar surface area (TPSA) is 125 Å². The van der Waals surface area contributed by atoms with E-state index in [-0.39, 0.29) is 24.4 Å². The Balaban J connectivity index is 0.000000431. The molecule has 2 aliphatic heterocycles. The highest BCUT2D eigenvalue weighted by atomic mass is 35.5. The molecule has 4 heterocycles. The van der Waals surface area contributed by atoms with Gasteiger partial charge in [0, 0.05) is 48.1 Å². The second-order valence-electron chi connectivity index (χ2n) is 15.5. The Morgan fingerprint density at radius 3 is 2.13 bits per heavy atom. The number of piperazine rings is 1. The number of rotatable bonds is 12. The highest BCUT2D eigenvalue weighted by Gasteiger charge is 2.45. The number of phenolic OH excluding ortho intramolecular Hbond substituents is 1. The van der Waals surface area contributed by atoms with Crippen molar-refractivity contribution in [1.82, 2.24) is 29.1 Å². The number of anilines is 2. The molecule has 316 valence electrons. The molecule has 0 spiro atoms. The van der Waals surface area contributed by atoms with Gasteiger partial charge in [-0.15, -0.1) is 0 Å². The smallest absolute Gasteiger partial charge is 0.350 e. The zero-order valence-electron chi connectivity index (χ0n) is 34.6. The minimum Gasteiger partial charge on any atom is -0.508 e. The molecule has 0 bridgehead atoms. The largest absolute Gasteiger partial charge is 0.508 e. The van der Waals surface area contributed by atoms with Crippen LogP contribution in [0.3, 0.4) is 0 Å². The van der Waals surface area contributed by atoms with Gasteiger partial charge >= 0.3 is 5.69 Å². The number of ether oxygens (including phenoxy) is 3. The van der Waals surface area contributed by atoms with Gasteiger partial charge in [-0.3, -0.25) is 0 Å². The Morgan fingerprint density at radius 1 is 0.867 bits per heavy atom. The molecule has 0 aliphatic carbocycles. The zero-order chi connectivity index (χ0) is 42.4. The van der Waals surface area contributed by atoms with Gasteiger partial charge in [-0.2, -0.15) is 10.2 Å². The molecule has 8 rings (SSSR count). The second kappa shape index (κ2) is 18.9. The molecule has 60 heavy (non-hydrogen) atoms. The van der Waals surface area contributed by atoms with Crippen LogP contribution >= 0.6 is 23.2 Å². The SMILES string of the molecule is CCC(C)n1ncn(-c2ccc(N3CCN(c4ccc(OC[C@H]5CO[C@](Cn6cncn6)(c6ccc(Cl)cc6Cl)O5)cc4)CC3)cc2)c1=O.Cc1ccc(C(C)C)cc1O. The van der Waals surface area contributed by atoms with Crippen molar-refractivity contribution in [2.24, 2.45) is 0 Å². The molecular weight excluding hydrogens is 803 g/mol. The van der Waals surface area contributed by atoms with Crippen molar-refractivity contribution in [3.05, 3.63) is 141 Å². The number of phenols is 1. The number of hydrogen-bond acceptors (Lipinski definition) is 10. The fraction of sp³-hybridized carbons (Fsp3) is 0.378. The van der Waals surface area contributed by atoms with E-state index in [2.05, 4.69) is 69.2 Å². The predicted octanol–water partition coefficient (Wildman–Crippen LogP) is 8.40.